The molecular weight excluding hydrogens is 208 g/mol. The van der Waals surface area contributed by atoms with Gasteiger partial charge in [0.25, 0.3) is 5.91 Å². The molecule has 2 aliphatic rings. The molecule has 6 nitrogen and oxygen atoms in total. The molecule has 1 aliphatic heterocycles. The van der Waals surface area contributed by atoms with E-state index in [2.05, 4.69) is 14.9 Å². The van der Waals surface area contributed by atoms with Crippen LogP contribution < -0.4 is 10.4 Å². The van der Waals surface area contributed by atoms with Gasteiger partial charge in [0.1, 0.15) is 0 Å². The van der Waals surface area contributed by atoms with Crippen LogP contribution in [0.15, 0.2) is 12.4 Å². The van der Waals surface area contributed by atoms with E-state index in [1.807, 2.05) is 0 Å². The molecule has 1 aromatic rings. The second-order valence-corrected chi connectivity index (χ2v) is 4.37. The molecule has 0 aromatic carbocycles. The number of hydrogen-bond donors (Lipinski definition) is 2. The molecule has 1 amide bonds. The fourth-order valence-electron chi connectivity index (χ4n) is 2.23. The molecule has 2 atom stereocenters. The molecule has 84 valence electrons. The van der Waals surface area contributed by atoms with Crippen LogP contribution in [0.4, 0.5) is 5.95 Å². The number of carbonyl (C=O) groups is 1. The minimum absolute atomic E-state index is 0.260. The first kappa shape index (κ1) is 9.53. The fourth-order valence-corrected chi connectivity index (χ4v) is 2.23. The molecule has 1 aromatic heterocycles. The predicted octanol–water partition coefficient (Wildman–Crippen LogP) is 0.0517. The third-order valence-electron chi connectivity index (χ3n) is 3.26. The molecule has 1 aliphatic carbocycles. The molecule has 2 fully saturated rings. The van der Waals surface area contributed by atoms with Gasteiger partial charge in [-0.05, 0) is 18.3 Å². The first-order valence-electron chi connectivity index (χ1n) is 5.29. The van der Waals surface area contributed by atoms with Crippen LogP contribution in [0, 0.1) is 11.8 Å². The Labute approximate surface area is 92.3 Å². The summed E-state index contributed by atoms with van der Waals surface area (Å²) in [7, 11) is 0. The minimum Gasteiger partial charge on any atom is -0.340 e. The van der Waals surface area contributed by atoms with Crippen molar-refractivity contribution in [2.24, 2.45) is 11.8 Å². The Morgan fingerprint density at radius 3 is 2.56 bits per heavy atom. The SMILES string of the molecule is O=C(NO)c1cnc(N2C[C@H]3C[C@H]3C2)nc1. The average molecular weight is 220 g/mol. The molecule has 0 bridgehead atoms. The summed E-state index contributed by atoms with van der Waals surface area (Å²) >= 11 is 0. The zero-order chi connectivity index (χ0) is 11.1. The van der Waals surface area contributed by atoms with Crippen LogP contribution in [0.5, 0.6) is 0 Å². The van der Waals surface area contributed by atoms with Gasteiger partial charge in [-0.1, -0.05) is 0 Å². The molecule has 16 heavy (non-hydrogen) atoms. The number of fused-ring (bicyclic) bond motifs is 1. The average Bonchev–Trinajstić information content (AvgIpc) is 2.95. The number of hydrogen-bond acceptors (Lipinski definition) is 5. The van der Waals surface area contributed by atoms with Gasteiger partial charge in [0.15, 0.2) is 0 Å². The number of rotatable bonds is 2. The topological polar surface area (TPSA) is 78.3 Å². The smallest absolute Gasteiger partial charge is 0.277 e. The predicted molar refractivity (Wildman–Crippen MR) is 55.1 cm³/mol. The summed E-state index contributed by atoms with van der Waals surface area (Å²) in [5.74, 6) is 1.73. The second kappa shape index (κ2) is 3.41. The van der Waals surface area contributed by atoms with Crippen LogP contribution in [0.1, 0.15) is 16.8 Å². The zero-order valence-corrected chi connectivity index (χ0v) is 8.63. The number of hydroxylamine groups is 1. The van der Waals surface area contributed by atoms with Gasteiger partial charge < -0.3 is 4.90 Å². The first-order valence-corrected chi connectivity index (χ1v) is 5.29. The van der Waals surface area contributed by atoms with Crippen molar-refractivity contribution in [3.05, 3.63) is 18.0 Å². The second-order valence-electron chi connectivity index (χ2n) is 4.37. The van der Waals surface area contributed by atoms with E-state index in [0.717, 1.165) is 24.9 Å². The van der Waals surface area contributed by atoms with Crippen molar-refractivity contribution in [3.63, 3.8) is 0 Å². The van der Waals surface area contributed by atoms with E-state index in [4.69, 9.17) is 5.21 Å². The molecule has 1 saturated heterocycles. The highest BCUT2D eigenvalue weighted by Crippen LogP contribution is 2.45. The number of amides is 1. The van der Waals surface area contributed by atoms with Gasteiger partial charge in [-0.15, -0.1) is 0 Å². The highest BCUT2D eigenvalue weighted by Gasteiger charge is 2.45. The Bertz CT molecular complexity index is 409. The Morgan fingerprint density at radius 2 is 2.00 bits per heavy atom. The molecule has 0 spiro atoms. The number of aromatic nitrogens is 2. The maximum Gasteiger partial charge on any atom is 0.277 e. The van der Waals surface area contributed by atoms with E-state index in [9.17, 15) is 4.79 Å². The summed E-state index contributed by atoms with van der Waals surface area (Å²) in [6.07, 6.45) is 4.19. The van der Waals surface area contributed by atoms with Gasteiger partial charge in [-0.25, -0.2) is 15.4 Å². The van der Waals surface area contributed by atoms with Gasteiger partial charge in [0.05, 0.1) is 5.56 Å². The van der Waals surface area contributed by atoms with Crippen molar-refractivity contribution >= 4 is 11.9 Å². The third kappa shape index (κ3) is 1.51. The Hall–Kier alpha value is -1.69. The number of piperidine rings is 1. The molecule has 6 heteroatoms. The summed E-state index contributed by atoms with van der Waals surface area (Å²) < 4.78 is 0. The van der Waals surface area contributed by atoms with Crippen molar-refractivity contribution in [2.45, 2.75) is 6.42 Å². The number of carbonyl (C=O) groups excluding carboxylic acids is 1. The molecule has 2 heterocycles. The number of nitrogens with zero attached hydrogens (tertiary/aromatic N) is 3. The number of nitrogens with one attached hydrogen (secondary N) is 1. The lowest BCUT2D eigenvalue weighted by Crippen LogP contribution is -2.25. The van der Waals surface area contributed by atoms with Gasteiger partial charge in [0.2, 0.25) is 5.95 Å². The maximum atomic E-state index is 11.1. The van der Waals surface area contributed by atoms with Crippen molar-refractivity contribution < 1.29 is 10.0 Å². The van der Waals surface area contributed by atoms with E-state index in [1.165, 1.54) is 18.8 Å². The van der Waals surface area contributed by atoms with Crippen molar-refractivity contribution in [2.75, 3.05) is 18.0 Å². The van der Waals surface area contributed by atoms with Crippen LogP contribution >= 0.6 is 0 Å². The normalized spacial score (nSPS) is 26.4. The van der Waals surface area contributed by atoms with Crippen LogP contribution in [0.25, 0.3) is 0 Å². The highest BCUT2D eigenvalue weighted by molar-refractivity contribution is 5.92. The first-order chi connectivity index (χ1) is 7.78. The van der Waals surface area contributed by atoms with E-state index < -0.39 is 5.91 Å². The van der Waals surface area contributed by atoms with Crippen LogP contribution in [-0.2, 0) is 0 Å². The van der Waals surface area contributed by atoms with Gasteiger partial charge in [-0.3, -0.25) is 10.0 Å². The van der Waals surface area contributed by atoms with Crippen LogP contribution in [0.2, 0.25) is 0 Å². The number of anilines is 1. The van der Waals surface area contributed by atoms with Crippen LogP contribution in [0.3, 0.4) is 0 Å². The summed E-state index contributed by atoms with van der Waals surface area (Å²) in [6, 6.07) is 0. The van der Waals surface area contributed by atoms with Gasteiger partial charge >= 0.3 is 0 Å². The molecule has 0 radical (unpaired) electrons. The molecular formula is C10H12N4O2. The van der Waals surface area contributed by atoms with E-state index in [1.54, 1.807) is 5.48 Å². The lowest BCUT2D eigenvalue weighted by atomic mass is 10.3. The molecule has 0 unspecified atom stereocenters. The largest absolute Gasteiger partial charge is 0.340 e. The highest BCUT2D eigenvalue weighted by atomic mass is 16.5. The summed E-state index contributed by atoms with van der Waals surface area (Å²) in [4.78, 5) is 21.4. The molecule has 1 saturated carbocycles. The quantitative estimate of drug-likeness (QED) is 0.544. The van der Waals surface area contributed by atoms with Crippen molar-refractivity contribution in [1.29, 1.82) is 0 Å². The van der Waals surface area contributed by atoms with E-state index in [0.29, 0.717) is 5.95 Å². The van der Waals surface area contributed by atoms with E-state index >= 15 is 0 Å². The Balaban J connectivity index is 1.74. The monoisotopic (exact) mass is 220 g/mol. The fraction of sp³-hybridized carbons (Fsp3) is 0.500. The summed E-state index contributed by atoms with van der Waals surface area (Å²) in [5, 5.41) is 8.44. The summed E-state index contributed by atoms with van der Waals surface area (Å²) in [6.45, 7) is 2.05. The molecule has 3 rings (SSSR count). The van der Waals surface area contributed by atoms with Crippen LogP contribution in [-0.4, -0.2) is 34.2 Å². The standard InChI is InChI=1S/C10H12N4O2/c15-9(13-16)8-2-11-10(12-3-8)14-4-6-1-7(6)5-14/h2-3,6-7,16H,1,4-5H2,(H,13,15)/t6-,7+. The minimum atomic E-state index is -0.587. The van der Waals surface area contributed by atoms with Gasteiger partial charge in [0, 0.05) is 25.5 Å². The van der Waals surface area contributed by atoms with Gasteiger partial charge in [-0.2, -0.15) is 0 Å². The van der Waals surface area contributed by atoms with Crippen molar-refractivity contribution in [1.82, 2.24) is 15.4 Å². The molecule has 2 N–H and O–H groups in total. The Kier molecular flexibility index (Phi) is 2.03. The Morgan fingerprint density at radius 1 is 1.38 bits per heavy atom. The lowest BCUT2D eigenvalue weighted by Gasteiger charge is -2.17. The summed E-state index contributed by atoms with van der Waals surface area (Å²) in [5.41, 5.74) is 1.81. The van der Waals surface area contributed by atoms with Crippen molar-refractivity contribution in [3.8, 4) is 0 Å². The van der Waals surface area contributed by atoms with E-state index in [-0.39, 0.29) is 5.56 Å². The zero-order valence-electron chi connectivity index (χ0n) is 8.63. The third-order valence-corrected chi connectivity index (χ3v) is 3.26. The lowest BCUT2D eigenvalue weighted by molar-refractivity contribution is 0.0705. The maximum absolute atomic E-state index is 11.1.